The fraction of sp³-hybridized carbons (Fsp3) is 1.00. The van der Waals surface area contributed by atoms with E-state index in [4.69, 9.17) is 9.47 Å². The first-order chi connectivity index (χ1) is 9.01. The molecule has 0 spiro atoms. The molecule has 3 saturated carbocycles. The van der Waals surface area contributed by atoms with Gasteiger partial charge < -0.3 is 29.9 Å². The lowest BCUT2D eigenvalue weighted by molar-refractivity contribution is -0.289. The smallest absolute Gasteiger partial charge is 0.184 e. The second-order valence-corrected chi connectivity index (χ2v) is 6.36. The minimum absolute atomic E-state index is 0.119. The largest absolute Gasteiger partial charge is 0.387 e. The summed E-state index contributed by atoms with van der Waals surface area (Å²) in [6.45, 7) is 0.763. The van der Waals surface area contributed by atoms with Crippen LogP contribution < -0.4 is 0 Å². The van der Waals surface area contributed by atoms with E-state index in [0.717, 1.165) is 5.92 Å². The maximum absolute atomic E-state index is 9.77. The van der Waals surface area contributed by atoms with Gasteiger partial charge in [-0.2, -0.15) is 0 Å². The van der Waals surface area contributed by atoms with Gasteiger partial charge in [0.1, 0.15) is 24.4 Å². The van der Waals surface area contributed by atoms with Crippen LogP contribution in [-0.4, -0.2) is 64.3 Å². The predicted octanol–water partition coefficient (Wildman–Crippen LogP) is -1.01. The van der Waals surface area contributed by atoms with Crippen LogP contribution >= 0.6 is 0 Å². The summed E-state index contributed by atoms with van der Waals surface area (Å²) >= 11 is 0. The molecule has 0 aromatic rings. The number of fused-ring (bicyclic) bond motifs is 1. The van der Waals surface area contributed by atoms with Crippen LogP contribution in [0.3, 0.4) is 0 Å². The molecule has 5 unspecified atom stereocenters. The molecule has 6 nitrogen and oxygen atoms in total. The lowest BCUT2D eigenvalue weighted by Crippen LogP contribution is -2.58. The van der Waals surface area contributed by atoms with Gasteiger partial charge in [0.25, 0.3) is 0 Å². The molecule has 4 fully saturated rings. The van der Waals surface area contributed by atoms with Crippen LogP contribution in [0.25, 0.3) is 0 Å². The summed E-state index contributed by atoms with van der Waals surface area (Å²) < 4.78 is 10.7. The van der Waals surface area contributed by atoms with Gasteiger partial charge in [0.15, 0.2) is 6.29 Å². The zero-order valence-electron chi connectivity index (χ0n) is 10.8. The lowest BCUT2D eigenvalue weighted by Gasteiger charge is -2.40. The zero-order chi connectivity index (χ0) is 13.6. The molecule has 110 valence electrons. The molecule has 0 aromatic carbocycles. The molecule has 3 aliphatic carbocycles. The molecule has 0 aromatic heterocycles. The van der Waals surface area contributed by atoms with Crippen molar-refractivity contribution in [3.63, 3.8) is 0 Å². The summed E-state index contributed by atoms with van der Waals surface area (Å²) in [5.74, 6) is 0.874. The van der Waals surface area contributed by atoms with Crippen LogP contribution in [0.5, 0.6) is 0 Å². The number of rotatable bonds is 4. The van der Waals surface area contributed by atoms with Gasteiger partial charge in [0.2, 0.25) is 0 Å². The quantitative estimate of drug-likeness (QED) is 0.524. The van der Waals surface area contributed by atoms with E-state index in [1.54, 1.807) is 0 Å². The van der Waals surface area contributed by atoms with Gasteiger partial charge in [-0.1, -0.05) is 0 Å². The molecular formula is C13H22O6. The number of hydrogen-bond donors (Lipinski definition) is 4. The summed E-state index contributed by atoms with van der Waals surface area (Å²) in [6.07, 6.45) is -1.47. The summed E-state index contributed by atoms with van der Waals surface area (Å²) in [7, 11) is 0. The van der Waals surface area contributed by atoms with E-state index < -0.39 is 30.7 Å². The highest BCUT2D eigenvalue weighted by molar-refractivity contribution is 5.00. The normalized spacial score (nSPS) is 53.1. The molecule has 19 heavy (non-hydrogen) atoms. The Morgan fingerprint density at radius 1 is 1.05 bits per heavy atom. The van der Waals surface area contributed by atoms with Gasteiger partial charge in [-0.15, -0.1) is 0 Å². The third-order valence-corrected chi connectivity index (χ3v) is 4.90. The Balaban J connectivity index is 1.47. The Hall–Kier alpha value is -0.240. The van der Waals surface area contributed by atoms with Crippen molar-refractivity contribution in [3.8, 4) is 0 Å². The molecule has 4 rings (SSSR count). The molecule has 4 aliphatic rings. The molecule has 0 amide bonds. The van der Waals surface area contributed by atoms with E-state index in [1.807, 2.05) is 0 Å². The van der Waals surface area contributed by atoms with Crippen molar-refractivity contribution in [3.05, 3.63) is 0 Å². The van der Waals surface area contributed by atoms with Gasteiger partial charge in [-0.3, -0.25) is 0 Å². The summed E-state index contributed by atoms with van der Waals surface area (Å²) in [5, 5.41) is 38.1. The van der Waals surface area contributed by atoms with Crippen molar-refractivity contribution in [1.29, 1.82) is 0 Å². The summed E-state index contributed by atoms with van der Waals surface area (Å²) in [5.41, 5.74) is 0.320. The second-order valence-electron chi connectivity index (χ2n) is 6.36. The fourth-order valence-electron chi connectivity index (χ4n) is 3.73. The molecule has 1 saturated heterocycles. The van der Waals surface area contributed by atoms with E-state index >= 15 is 0 Å². The Morgan fingerprint density at radius 3 is 2.42 bits per heavy atom. The van der Waals surface area contributed by atoms with Gasteiger partial charge >= 0.3 is 0 Å². The van der Waals surface area contributed by atoms with E-state index in [2.05, 4.69) is 0 Å². The van der Waals surface area contributed by atoms with Crippen molar-refractivity contribution >= 4 is 0 Å². The van der Waals surface area contributed by atoms with Crippen molar-refractivity contribution in [2.45, 2.75) is 56.4 Å². The molecule has 0 radical (unpaired) electrons. The maximum atomic E-state index is 9.77. The molecule has 1 aliphatic heterocycles. The second kappa shape index (κ2) is 4.95. The molecule has 2 bridgehead atoms. The third-order valence-electron chi connectivity index (χ3n) is 4.90. The summed E-state index contributed by atoms with van der Waals surface area (Å²) in [6, 6.07) is 0. The van der Waals surface area contributed by atoms with Crippen molar-refractivity contribution < 1.29 is 29.9 Å². The molecule has 4 N–H and O–H groups in total. The van der Waals surface area contributed by atoms with Crippen molar-refractivity contribution in [2.24, 2.45) is 11.3 Å². The maximum Gasteiger partial charge on any atom is 0.184 e. The van der Waals surface area contributed by atoms with E-state index in [-0.39, 0.29) is 6.61 Å². The highest BCUT2D eigenvalue weighted by Gasteiger charge is 2.50. The van der Waals surface area contributed by atoms with Gasteiger partial charge in [0, 0.05) is 0 Å². The first-order valence-corrected chi connectivity index (χ1v) is 6.96. The minimum Gasteiger partial charge on any atom is -0.387 e. The zero-order valence-corrected chi connectivity index (χ0v) is 10.8. The van der Waals surface area contributed by atoms with Crippen LogP contribution in [0.2, 0.25) is 0 Å². The lowest BCUT2D eigenvalue weighted by atomic mass is 9.70. The average Bonchev–Trinajstić information content (AvgIpc) is 2.93. The van der Waals surface area contributed by atoms with Crippen LogP contribution in [0.1, 0.15) is 25.7 Å². The van der Waals surface area contributed by atoms with Crippen LogP contribution in [0.15, 0.2) is 0 Å². The van der Waals surface area contributed by atoms with Crippen molar-refractivity contribution in [1.82, 2.24) is 0 Å². The molecule has 6 heteroatoms. The number of aliphatic hydroxyl groups is 4. The average molecular weight is 274 g/mol. The Kier molecular flexibility index (Phi) is 3.57. The monoisotopic (exact) mass is 274 g/mol. The van der Waals surface area contributed by atoms with E-state index in [9.17, 15) is 20.4 Å². The fourth-order valence-corrected chi connectivity index (χ4v) is 3.73. The SMILES string of the molecule is OC1OC(COCC23CCC(C2)C3)C(O)C(O)C1O. The third kappa shape index (κ3) is 2.41. The minimum atomic E-state index is -1.48. The first-order valence-electron chi connectivity index (χ1n) is 6.96. The number of hydrogen-bond acceptors (Lipinski definition) is 6. The van der Waals surface area contributed by atoms with Crippen molar-refractivity contribution in [2.75, 3.05) is 13.2 Å². The van der Waals surface area contributed by atoms with E-state index in [1.165, 1.54) is 25.7 Å². The van der Waals surface area contributed by atoms with Crippen LogP contribution in [0, 0.1) is 11.3 Å². The molecular weight excluding hydrogens is 252 g/mol. The number of ether oxygens (including phenoxy) is 2. The van der Waals surface area contributed by atoms with E-state index in [0.29, 0.717) is 12.0 Å². The standard InChI is InChI=1S/C13H22O6/c14-9-8(19-12(17)11(16)10(9)15)5-18-6-13-2-1-7(3-13)4-13/h7-12,14-17H,1-6H2. The van der Waals surface area contributed by atoms with Gasteiger partial charge in [-0.05, 0) is 37.0 Å². The Bertz CT molecular complexity index is 324. The topological polar surface area (TPSA) is 99.4 Å². The molecule has 1 heterocycles. The summed E-state index contributed by atoms with van der Waals surface area (Å²) in [4.78, 5) is 0. The first kappa shape index (κ1) is 13.7. The number of aliphatic hydroxyl groups excluding tert-OH is 4. The molecule has 5 atom stereocenters. The predicted molar refractivity (Wildman–Crippen MR) is 64.1 cm³/mol. The van der Waals surface area contributed by atoms with Gasteiger partial charge in [0.05, 0.1) is 13.2 Å². The highest BCUT2D eigenvalue weighted by Crippen LogP contribution is 2.58. The highest BCUT2D eigenvalue weighted by atomic mass is 16.6. The Labute approximate surface area is 112 Å². The van der Waals surface area contributed by atoms with Crippen LogP contribution in [0.4, 0.5) is 0 Å². The van der Waals surface area contributed by atoms with Gasteiger partial charge in [-0.25, -0.2) is 0 Å². The van der Waals surface area contributed by atoms with Crippen LogP contribution in [-0.2, 0) is 9.47 Å². The Morgan fingerprint density at radius 2 is 1.79 bits per heavy atom.